The Morgan fingerprint density at radius 2 is 2.15 bits per heavy atom. The predicted molar refractivity (Wildman–Crippen MR) is 56.4 cm³/mol. The molecule has 1 N–H and O–H groups in total. The highest BCUT2D eigenvalue weighted by molar-refractivity contribution is 5.97. The van der Waals surface area contributed by atoms with Crippen LogP contribution in [0.3, 0.4) is 0 Å². The Labute approximate surface area is 80.0 Å². The number of allylic oxidation sites excluding steroid dienone is 3. The van der Waals surface area contributed by atoms with E-state index < -0.39 is 0 Å². The summed E-state index contributed by atoms with van der Waals surface area (Å²) in [5, 5.41) is 2.61. The van der Waals surface area contributed by atoms with Crippen LogP contribution in [-0.4, -0.2) is 13.0 Å². The van der Waals surface area contributed by atoms with Crippen molar-refractivity contribution in [1.82, 2.24) is 5.32 Å². The number of carbonyl (C=O) groups excluding carboxylic acids is 1. The first kappa shape index (κ1) is 11.7. The topological polar surface area (TPSA) is 29.1 Å². The highest BCUT2D eigenvalue weighted by Gasteiger charge is 2.08. The summed E-state index contributed by atoms with van der Waals surface area (Å²) in [6.45, 7) is 7.49. The molecule has 0 rings (SSSR count). The monoisotopic (exact) mass is 179 g/mol. The van der Waals surface area contributed by atoms with Crippen LogP contribution in [0.5, 0.6) is 0 Å². The summed E-state index contributed by atoms with van der Waals surface area (Å²) in [6.07, 6.45) is 6.21. The summed E-state index contributed by atoms with van der Waals surface area (Å²) in [6, 6.07) is 0. The van der Waals surface area contributed by atoms with Gasteiger partial charge in [0.25, 0.3) is 5.91 Å². The molecule has 2 heteroatoms. The van der Waals surface area contributed by atoms with Crippen molar-refractivity contribution in [2.75, 3.05) is 7.05 Å². The molecule has 72 valence electrons. The van der Waals surface area contributed by atoms with Crippen LogP contribution in [0.1, 0.15) is 20.3 Å². The van der Waals surface area contributed by atoms with E-state index in [1.165, 1.54) is 0 Å². The summed E-state index contributed by atoms with van der Waals surface area (Å²) in [7, 11) is 1.63. The van der Waals surface area contributed by atoms with Crippen molar-refractivity contribution in [1.29, 1.82) is 0 Å². The first-order chi connectivity index (χ1) is 6.21. The van der Waals surface area contributed by atoms with Crippen LogP contribution < -0.4 is 5.32 Å². The Kier molecular flexibility index (Phi) is 5.60. The lowest BCUT2D eigenvalue weighted by Gasteiger charge is -2.07. The number of nitrogens with one attached hydrogen (secondary N) is 1. The third-order valence-corrected chi connectivity index (χ3v) is 1.81. The average Bonchev–Trinajstić information content (AvgIpc) is 2.17. The summed E-state index contributed by atoms with van der Waals surface area (Å²) >= 11 is 0. The maximum atomic E-state index is 11.4. The quantitative estimate of drug-likeness (QED) is 0.520. The number of likely N-dealkylation sites (N-methyl/N-ethyl adjacent to an activating group) is 1. The molecule has 2 nitrogen and oxygen atoms in total. The lowest BCUT2D eigenvalue weighted by atomic mass is 10.0. The number of hydrogen-bond donors (Lipinski definition) is 1. The average molecular weight is 179 g/mol. The van der Waals surface area contributed by atoms with E-state index in [2.05, 4.69) is 11.9 Å². The zero-order valence-corrected chi connectivity index (χ0v) is 8.55. The summed E-state index contributed by atoms with van der Waals surface area (Å²) in [5.74, 6) is -0.0440. The zero-order valence-electron chi connectivity index (χ0n) is 8.55. The Balaban J connectivity index is 4.86. The second-order valence-electron chi connectivity index (χ2n) is 2.56. The lowest BCUT2D eigenvalue weighted by molar-refractivity contribution is -0.116. The van der Waals surface area contributed by atoms with Gasteiger partial charge in [-0.2, -0.15) is 0 Å². The van der Waals surface area contributed by atoms with Crippen molar-refractivity contribution in [2.45, 2.75) is 20.3 Å². The van der Waals surface area contributed by atoms with Gasteiger partial charge in [0.1, 0.15) is 0 Å². The fraction of sp³-hybridized carbons (Fsp3) is 0.364. The van der Waals surface area contributed by atoms with E-state index in [9.17, 15) is 4.79 Å². The molecule has 0 aliphatic heterocycles. The van der Waals surface area contributed by atoms with Gasteiger partial charge in [-0.15, -0.1) is 0 Å². The minimum absolute atomic E-state index is 0.0440. The van der Waals surface area contributed by atoms with E-state index in [1.54, 1.807) is 13.1 Å². The van der Waals surface area contributed by atoms with Crippen LogP contribution in [0, 0.1) is 0 Å². The molecule has 0 saturated heterocycles. The van der Waals surface area contributed by atoms with Crippen molar-refractivity contribution in [3.05, 3.63) is 36.0 Å². The van der Waals surface area contributed by atoms with Gasteiger partial charge in [0, 0.05) is 12.6 Å². The van der Waals surface area contributed by atoms with Crippen LogP contribution in [0.15, 0.2) is 36.0 Å². The van der Waals surface area contributed by atoms with Crippen LogP contribution >= 0.6 is 0 Å². The molecule has 0 saturated carbocycles. The Hall–Kier alpha value is -1.31. The van der Waals surface area contributed by atoms with E-state index in [4.69, 9.17) is 0 Å². The van der Waals surface area contributed by atoms with E-state index in [-0.39, 0.29) is 5.91 Å². The molecule has 0 radical (unpaired) electrons. The van der Waals surface area contributed by atoms with E-state index >= 15 is 0 Å². The SMILES string of the molecule is C=C/C=C(CC)\C(=C/C)C(=O)NC. The van der Waals surface area contributed by atoms with Crippen molar-refractivity contribution in [3.8, 4) is 0 Å². The molecule has 0 aliphatic rings. The molecule has 1 amide bonds. The van der Waals surface area contributed by atoms with Gasteiger partial charge in [-0.1, -0.05) is 31.7 Å². The second kappa shape index (κ2) is 6.23. The fourth-order valence-corrected chi connectivity index (χ4v) is 1.14. The van der Waals surface area contributed by atoms with Crippen molar-refractivity contribution in [2.24, 2.45) is 0 Å². The Bertz CT molecular complexity index is 249. The zero-order chi connectivity index (χ0) is 10.3. The van der Waals surface area contributed by atoms with Crippen LogP contribution in [0.25, 0.3) is 0 Å². The molecule has 0 heterocycles. The van der Waals surface area contributed by atoms with Gasteiger partial charge >= 0.3 is 0 Å². The molecule has 0 bridgehead atoms. The van der Waals surface area contributed by atoms with Crippen molar-refractivity contribution in [3.63, 3.8) is 0 Å². The van der Waals surface area contributed by atoms with Gasteiger partial charge < -0.3 is 5.32 Å². The van der Waals surface area contributed by atoms with Gasteiger partial charge in [-0.3, -0.25) is 4.79 Å². The molecule has 0 unspecified atom stereocenters. The van der Waals surface area contributed by atoms with Crippen LogP contribution in [0.2, 0.25) is 0 Å². The van der Waals surface area contributed by atoms with Gasteiger partial charge in [-0.25, -0.2) is 0 Å². The minimum Gasteiger partial charge on any atom is -0.355 e. The smallest absolute Gasteiger partial charge is 0.250 e. The molecule has 0 aromatic carbocycles. The minimum atomic E-state index is -0.0440. The third-order valence-electron chi connectivity index (χ3n) is 1.81. The summed E-state index contributed by atoms with van der Waals surface area (Å²) < 4.78 is 0. The molecule has 0 aliphatic carbocycles. The van der Waals surface area contributed by atoms with Crippen molar-refractivity contribution < 1.29 is 4.79 Å². The molecule has 0 spiro atoms. The first-order valence-corrected chi connectivity index (χ1v) is 4.41. The number of carbonyl (C=O) groups is 1. The van der Waals surface area contributed by atoms with Gasteiger partial charge in [0.05, 0.1) is 0 Å². The van der Waals surface area contributed by atoms with E-state index in [0.717, 1.165) is 17.6 Å². The highest BCUT2D eigenvalue weighted by atomic mass is 16.1. The van der Waals surface area contributed by atoms with Crippen molar-refractivity contribution >= 4 is 5.91 Å². The van der Waals surface area contributed by atoms with Gasteiger partial charge in [0.2, 0.25) is 0 Å². The summed E-state index contributed by atoms with van der Waals surface area (Å²) in [4.78, 5) is 11.4. The fourth-order valence-electron chi connectivity index (χ4n) is 1.14. The largest absolute Gasteiger partial charge is 0.355 e. The molecule has 0 fully saturated rings. The standard InChI is InChI=1S/C11H17NO/c1-5-8-9(6-2)10(7-3)11(13)12-4/h5,7-8H,1,6H2,2-4H3,(H,12,13)/b9-8-,10-7+. The number of hydrogen-bond acceptors (Lipinski definition) is 1. The molecular weight excluding hydrogens is 162 g/mol. The van der Waals surface area contributed by atoms with Gasteiger partial charge in [-0.05, 0) is 18.9 Å². The van der Waals surface area contributed by atoms with Gasteiger partial charge in [0.15, 0.2) is 0 Å². The predicted octanol–water partition coefficient (Wildman–Crippen LogP) is 2.20. The highest BCUT2D eigenvalue weighted by Crippen LogP contribution is 2.13. The molecule has 13 heavy (non-hydrogen) atoms. The first-order valence-electron chi connectivity index (χ1n) is 4.41. The van der Waals surface area contributed by atoms with Crippen LogP contribution in [0.4, 0.5) is 0 Å². The summed E-state index contributed by atoms with van der Waals surface area (Å²) in [5.41, 5.74) is 1.74. The molecule has 0 atom stereocenters. The Morgan fingerprint density at radius 1 is 1.54 bits per heavy atom. The maximum absolute atomic E-state index is 11.4. The maximum Gasteiger partial charge on any atom is 0.250 e. The van der Waals surface area contributed by atoms with E-state index in [0.29, 0.717) is 0 Å². The molecular formula is C11H17NO. The number of rotatable bonds is 4. The Morgan fingerprint density at radius 3 is 2.46 bits per heavy atom. The molecule has 0 aromatic rings. The molecule has 0 aromatic heterocycles. The lowest BCUT2D eigenvalue weighted by Crippen LogP contribution is -2.20. The van der Waals surface area contributed by atoms with Crippen LogP contribution in [-0.2, 0) is 4.79 Å². The second-order valence-corrected chi connectivity index (χ2v) is 2.56. The normalized spacial score (nSPS) is 12.5. The van der Waals surface area contributed by atoms with E-state index in [1.807, 2.05) is 26.0 Å². The number of amides is 1. The third kappa shape index (κ3) is 3.28.